The number of carboxylic acids is 1. The van der Waals surface area contributed by atoms with E-state index in [1.54, 1.807) is 13.0 Å². The van der Waals surface area contributed by atoms with Gasteiger partial charge in [0.25, 0.3) is 0 Å². The van der Waals surface area contributed by atoms with Crippen LogP contribution in [-0.2, 0) is 6.54 Å². The molecular weight excluding hydrogens is 240 g/mol. The molecule has 2 N–H and O–H groups in total. The molecule has 2 aromatic rings. The molecular formula is C15H16N2O2. The minimum atomic E-state index is -0.958. The van der Waals surface area contributed by atoms with Crippen molar-refractivity contribution >= 4 is 11.7 Å². The van der Waals surface area contributed by atoms with E-state index in [9.17, 15) is 9.90 Å². The Morgan fingerprint density at radius 2 is 1.95 bits per heavy atom. The Balaban J connectivity index is 2.27. The van der Waals surface area contributed by atoms with Gasteiger partial charge in [-0.25, -0.2) is 4.79 Å². The maximum Gasteiger partial charge on any atom is 0.339 e. The third kappa shape index (κ3) is 3.10. The normalized spacial score (nSPS) is 10.2. The quantitative estimate of drug-likeness (QED) is 0.882. The third-order valence-corrected chi connectivity index (χ3v) is 2.87. The maximum atomic E-state index is 11.3. The maximum absolute atomic E-state index is 11.3. The summed E-state index contributed by atoms with van der Waals surface area (Å²) in [5.41, 5.74) is 3.29. The number of rotatable bonds is 4. The number of anilines is 1. The minimum Gasteiger partial charge on any atom is -0.478 e. The summed E-state index contributed by atoms with van der Waals surface area (Å²) in [6, 6.07) is 11.6. The second-order valence-corrected chi connectivity index (χ2v) is 4.42. The van der Waals surface area contributed by atoms with Gasteiger partial charge in [-0.2, -0.15) is 0 Å². The summed E-state index contributed by atoms with van der Waals surface area (Å²) < 4.78 is 0. The SMILES string of the molecule is Cc1cc(NCc2ccccc2)c(C(=O)O)c(C)n1. The second-order valence-electron chi connectivity index (χ2n) is 4.42. The number of pyridine rings is 1. The molecule has 0 saturated heterocycles. The lowest BCUT2D eigenvalue weighted by atomic mass is 10.1. The Bertz CT molecular complexity index is 595. The lowest BCUT2D eigenvalue weighted by Crippen LogP contribution is -2.10. The van der Waals surface area contributed by atoms with Crippen molar-refractivity contribution in [1.82, 2.24) is 4.98 Å². The van der Waals surface area contributed by atoms with E-state index in [2.05, 4.69) is 10.3 Å². The summed E-state index contributed by atoms with van der Waals surface area (Å²) in [6.07, 6.45) is 0. The van der Waals surface area contributed by atoms with Gasteiger partial charge in [-0.05, 0) is 25.5 Å². The van der Waals surface area contributed by atoms with Gasteiger partial charge in [0.1, 0.15) is 5.56 Å². The Morgan fingerprint density at radius 1 is 1.26 bits per heavy atom. The van der Waals surface area contributed by atoms with E-state index in [1.165, 1.54) is 0 Å². The van der Waals surface area contributed by atoms with Crippen molar-refractivity contribution in [3.63, 3.8) is 0 Å². The minimum absolute atomic E-state index is 0.238. The summed E-state index contributed by atoms with van der Waals surface area (Å²) in [5.74, 6) is -0.958. The van der Waals surface area contributed by atoms with Crippen LogP contribution in [0.5, 0.6) is 0 Å². The van der Waals surface area contributed by atoms with E-state index in [1.807, 2.05) is 37.3 Å². The van der Waals surface area contributed by atoms with Crippen molar-refractivity contribution in [3.8, 4) is 0 Å². The van der Waals surface area contributed by atoms with Crippen LogP contribution in [0.3, 0.4) is 0 Å². The topological polar surface area (TPSA) is 62.2 Å². The number of benzene rings is 1. The van der Waals surface area contributed by atoms with Crippen molar-refractivity contribution in [2.45, 2.75) is 20.4 Å². The van der Waals surface area contributed by atoms with Gasteiger partial charge in [0, 0.05) is 12.2 Å². The molecule has 0 saturated carbocycles. The lowest BCUT2D eigenvalue weighted by Gasteiger charge is -2.12. The molecule has 0 radical (unpaired) electrons. The van der Waals surface area contributed by atoms with Crippen molar-refractivity contribution in [2.24, 2.45) is 0 Å². The monoisotopic (exact) mass is 256 g/mol. The van der Waals surface area contributed by atoms with Crippen molar-refractivity contribution in [1.29, 1.82) is 0 Å². The molecule has 98 valence electrons. The number of carboxylic acid groups (broad SMARTS) is 1. The molecule has 19 heavy (non-hydrogen) atoms. The molecule has 0 amide bonds. The van der Waals surface area contributed by atoms with E-state index in [4.69, 9.17) is 0 Å². The fraction of sp³-hybridized carbons (Fsp3) is 0.200. The van der Waals surface area contributed by atoms with Crippen LogP contribution >= 0.6 is 0 Å². The highest BCUT2D eigenvalue weighted by molar-refractivity contribution is 5.95. The highest BCUT2D eigenvalue weighted by Crippen LogP contribution is 2.20. The molecule has 4 heteroatoms. The number of hydrogen-bond donors (Lipinski definition) is 2. The second kappa shape index (κ2) is 5.52. The van der Waals surface area contributed by atoms with Crippen LogP contribution in [0, 0.1) is 13.8 Å². The smallest absolute Gasteiger partial charge is 0.339 e. The molecule has 0 aliphatic heterocycles. The first-order valence-corrected chi connectivity index (χ1v) is 6.07. The molecule has 0 bridgehead atoms. The number of carbonyl (C=O) groups is 1. The molecule has 1 heterocycles. The molecule has 4 nitrogen and oxygen atoms in total. The fourth-order valence-electron chi connectivity index (χ4n) is 2.03. The van der Waals surface area contributed by atoms with Gasteiger partial charge in [0.05, 0.1) is 11.4 Å². The van der Waals surface area contributed by atoms with Gasteiger partial charge in [-0.15, -0.1) is 0 Å². The number of aryl methyl sites for hydroxylation is 2. The summed E-state index contributed by atoms with van der Waals surface area (Å²) in [6.45, 7) is 4.15. The lowest BCUT2D eigenvalue weighted by molar-refractivity contribution is 0.0696. The first kappa shape index (κ1) is 13.1. The number of hydrogen-bond acceptors (Lipinski definition) is 3. The largest absolute Gasteiger partial charge is 0.478 e. The Morgan fingerprint density at radius 3 is 2.58 bits per heavy atom. The van der Waals surface area contributed by atoms with Gasteiger partial charge in [0.2, 0.25) is 0 Å². The van der Waals surface area contributed by atoms with Crippen LogP contribution in [0.4, 0.5) is 5.69 Å². The average Bonchev–Trinajstić information content (AvgIpc) is 2.36. The molecule has 0 aliphatic rings. The van der Waals surface area contributed by atoms with Crippen LogP contribution in [-0.4, -0.2) is 16.1 Å². The van der Waals surface area contributed by atoms with E-state index < -0.39 is 5.97 Å². The first-order valence-electron chi connectivity index (χ1n) is 6.07. The van der Waals surface area contributed by atoms with Crippen LogP contribution in [0.25, 0.3) is 0 Å². The molecule has 0 fully saturated rings. The molecule has 1 aromatic carbocycles. The Kier molecular flexibility index (Phi) is 3.80. The Labute approximate surface area is 112 Å². The number of aromatic carboxylic acids is 1. The standard InChI is InChI=1S/C15H16N2O2/c1-10-8-13(14(15(18)19)11(2)17-10)16-9-12-6-4-3-5-7-12/h3-8H,9H2,1-2H3,(H,16,17)(H,18,19). The fourth-order valence-corrected chi connectivity index (χ4v) is 2.03. The van der Waals surface area contributed by atoms with Crippen LogP contribution < -0.4 is 5.32 Å². The van der Waals surface area contributed by atoms with Crippen LogP contribution in [0.1, 0.15) is 27.3 Å². The van der Waals surface area contributed by atoms with Crippen molar-refractivity contribution < 1.29 is 9.90 Å². The summed E-state index contributed by atoms with van der Waals surface area (Å²) in [7, 11) is 0. The summed E-state index contributed by atoms with van der Waals surface area (Å²) in [4.78, 5) is 15.5. The summed E-state index contributed by atoms with van der Waals surface area (Å²) in [5, 5.41) is 12.4. The molecule has 2 rings (SSSR count). The summed E-state index contributed by atoms with van der Waals surface area (Å²) >= 11 is 0. The zero-order valence-corrected chi connectivity index (χ0v) is 11.0. The van der Waals surface area contributed by atoms with Crippen LogP contribution in [0.15, 0.2) is 36.4 Å². The molecule has 0 unspecified atom stereocenters. The molecule has 0 aliphatic carbocycles. The predicted octanol–water partition coefficient (Wildman–Crippen LogP) is 3.01. The Hall–Kier alpha value is -2.36. The van der Waals surface area contributed by atoms with E-state index in [0.29, 0.717) is 17.9 Å². The number of aromatic nitrogens is 1. The van der Waals surface area contributed by atoms with Gasteiger partial charge in [0.15, 0.2) is 0 Å². The van der Waals surface area contributed by atoms with E-state index >= 15 is 0 Å². The predicted molar refractivity (Wildman–Crippen MR) is 74.4 cm³/mol. The zero-order valence-electron chi connectivity index (χ0n) is 11.0. The zero-order chi connectivity index (χ0) is 13.8. The number of nitrogens with one attached hydrogen (secondary N) is 1. The van der Waals surface area contributed by atoms with Gasteiger partial charge in [-0.3, -0.25) is 4.98 Å². The van der Waals surface area contributed by atoms with E-state index in [-0.39, 0.29) is 5.56 Å². The van der Waals surface area contributed by atoms with Gasteiger partial charge in [-0.1, -0.05) is 30.3 Å². The van der Waals surface area contributed by atoms with Crippen molar-refractivity contribution in [3.05, 3.63) is 58.9 Å². The average molecular weight is 256 g/mol. The first-order chi connectivity index (χ1) is 9.08. The van der Waals surface area contributed by atoms with Gasteiger partial charge < -0.3 is 10.4 Å². The third-order valence-electron chi connectivity index (χ3n) is 2.87. The van der Waals surface area contributed by atoms with Gasteiger partial charge >= 0.3 is 5.97 Å². The molecule has 1 aromatic heterocycles. The van der Waals surface area contributed by atoms with E-state index in [0.717, 1.165) is 11.3 Å². The number of nitrogens with zero attached hydrogens (tertiary/aromatic N) is 1. The van der Waals surface area contributed by atoms with Crippen LogP contribution in [0.2, 0.25) is 0 Å². The molecule has 0 spiro atoms. The molecule has 0 atom stereocenters. The van der Waals surface area contributed by atoms with Crippen molar-refractivity contribution in [2.75, 3.05) is 5.32 Å². The highest BCUT2D eigenvalue weighted by atomic mass is 16.4. The highest BCUT2D eigenvalue weighted by Gasteiger charge is 2.15.